The van der Waals surface area contributed by atoms with Crippen molar-refractivity contribution in [3.63, 3.8) is 0 Å². The first-order valence-electron chi connectivity index (χ1n) is 7.76. The Kier molecular flexibility index (Phi) is 3.70. The number of esters is 1. The number of aliphatic imine (C=N–C) groups is 1. The van der Waals surface area contributed by atoms with Crippen molar-refractivity contribution in [1.82, 2.24) is 15.0 Å². The fraction of sp³-hybridized carbons (Fsp3) is 0.0526. The van der Waals surface area contributed by atoms with Crippen LogP contribution in [0.4, 0.5) is 0 Å². The standard InChI is InChI=1S/C19H14N4O2/c1-13-7-9-14(10-8-13)18-21-17(19(24)25-18)11-15-12-20-23(22-15)16-5-3-2-4-6-16/h2-12H,1H3/b17-11+. The highest BCUT2D eigenvalue weighted by Gasteiger charge is 2.24. The Hall–Kier alpha value is -3.54. The molecule has 0 saturated heterocycles. The summed E-state index contributed by atoms with van der Waals surface area (Å²) < 4.78 is 5.25. The second-order valence-corrected chi connectivity index (χ2v) is 5.60. The van der Waals surface area contributed by atoms with Crippen molar-refractivity contribution in [2.24, 2.45) is 4.99 Å². The minimum atomic E-state index is -0.496. The van der Waals surface area contributed by atoms with Crippen LogP contribution in [-0.4, -0.2) is 26.9 Å². The zero-order valence-electron chi connectivity index (χ0n) is 13.5. The van der Waals surface area contributed by atoms with Gasteiger partial charge in [0.1, 0.15) is 5.69 Å². The number of hydrogen-bond acceptors (Lipinski definition) is 5. The highest BCUT2D eigenvalue weighted by molar-refractivity contribution is 6.12. The van der Waals surface area contributed by atoms with Gasteiger partial charge in [-0.05, 0) is 31.2 Å². The lowest BCUT2D eigenvalue weighted by molar-refractivity contribution is -0.129. The van der Waals surface area contributed by atoms with Gasteiger partial charge in [0.15, 0.2) is 5.70 Å². The summed E-state index contributed by atoms with van der Waals surface area (Å²) in [5.74, 6) is -0.198. The van der Waals surface area contributed by atoms with E-state index in [-0.39, 0.29) is 5.70 Å². The molecule has 0 atom stereocenters. The van der Waals surface area contributed by atoms with Gasteiger partial charge in [0.25, 0.3) is 0 Å². The topological polar surface area (TPSA) is 69.4 Å². The zero-order valence-corrected chi connectivity index (χ0v) is 13.5. The molecule has 6 nitrogen and oxygen atoms in total. The van der Waals surface area contributed by atoms with E-state index in [4.69, 9.17) is 4.74 Å². The van der Waals surface area contributed by atoms with Gasteiger partial charge >= 0.3 is 5.97 Å². The molecule has 6 heteroatoms. The predicted molar refractivity (Wildman–Crippen MR) is 93.1 cm³/mol. The first-order valence-corrected chi connectivity index (χ1v) is 7.76. The molecule has 4 rings (SSSR count). The van der Waals surface area contributed by atoms with E-state index in [0.29, 0.717) is 11.6 Å². The third-order valence-corrected chi connectivity index (χ3v) is 3.70. The normalized spacial score (nSPS) is 15.3. The Balaban J connectivity index is 1.62. The summed E-state index contributed by atoms with van der Waals surface area (Å²) in [6.07, 6.45) is 3.14. The first kappa shape index (κ1) is 15.0. The van der Waals surface area contributed by atoms with Crippen LogP contribution in [0.5, 0.6) is 0 Å². The summed E-state index contributed by atoms with van der Waals surface area (Å²) in [7, 11) is 0. The van der Waals surface area contributed by atoms with Gasteiger partial charge in [0.05, 0.1) is 11.9 Å². The smallest absolute Gasteiger partial charge is 0.363 e. The molecule has 0 unspecified atom stereocenters. The van der Waals surface area contributed by atoms with Gasteiger partial charge in [0, 0.05) is 11.6 Å². The number of benzene rings is 2. The molecule has 0 spiro atoms. The zero-order chi connectivity index (χ0) is 17.2. The summed E-state index contributed by atoms with van der Waals surface area (Å²) in [6, 6.07) is 17.2. The van der Waals surface area contributed by atoms with Crippen molar-refractivity contribution in [1.29, 1.82) is 0 Å². The van der Waals surface area contributed by atoms with Crippen LogP contribution in [0.15, 0.2) is 71.5 Å². The molecule has 122 valence electrons. The molecule has 0 aliphatic carbocycles. The van der Waals surface area contributed by atoms with Crippen LogP contribution in [0.3, 0.4) is 0 Å². The average molecular weight is 330 g/mol. The van der Waals surface area contributed by atoms with Crippen LogP contribution < -0.4 is 0 Å². The number of carbonyl (C=O) groups is 1. The molecule has 2 heterocycles. The summed E-state index contributed by atoms with van der Waals surface area (Å²) in [5, 5.41) is 8.54. The van der Waals surface area contributed by atoms with E-state index in [1.807, 2.05) is 61.5 Å². The van der Waals surface area contributed by atoms with Crippen LogP contribution in [-0.2, 0) is 9.53 Å². The largest absolute Gasteiger partial charge is 0.402 e. The van der Waals surface area contributed by atoms with E-state index in [0.717, 1.165) is 16.8 Å². The summed E-state index contributed by atoms with van der Waals surface area (Å²) in [4.78, 5) is 17.8. The highest BCUT2D eigenvalue weighted by Crippen LogP contribution is 2.19. The Morgan fingerprint density at radius 2 is 1.80 bits per heavy atom. The van der Waals surface area contributed by atoms with E-state index in [2.05, 4.69) is 15.2 Å². The van der Waals surface area contributed by atoms with Crippen molar-refractivity contribution in [2.45, 2.75) is 6.92 Å². The van der Waals surface area contributed by atoms with Crippen LogP contribution >= 0.6 is 0 Å². The molecule has 0 bridgehead atoms. The third kappa shape index (κ3) is 3.10. The van der Waals surface area contributed by atoms with E-state index in [1.54, 1.807) is 12.3 Å². The quantitative estimate of drug-likeness (QED) is 0.547. The monoisotopic (exact) mass is 330 g/mol. The number of aromatic nitrogens is 3. The van der Waals surface area contributed by atoms with Crippen LogP contribution in [0.25, 0.3) is 11.8 Å². The van der Waals surface area contributed by atoms with Crippen molar-refractivity contribution in [3.8, 4) is 5.69 Å². The molecule has 1 aliphatic heterocycles. The Bertz CT molecular complexity index is 986. The number of cyclic esters (lactones) is 1. The number of nitrogens with zero attached hydrogens (tertiary/aromatic N) is 4. The molecule has 2 aromatic carbocycles. The molecular formula is C19H14N4O2. The van der Waals surface area contributed by atoms with Crippen LogP contribution in [0.2, 0.25) is 0 Å². The molecule has 3 aromatic rings. The van der Waals surface area contributed by atoms with Gasteiger partial charge in [-0.1, -0.05) is 35.9 Å². The SMILES string of the molecule is Cc1ccc(C2=N/C(=C/c3cnn(-c4ccccc4)n3)C(=O)O2)cc1. The maximum absolute atomic E-state index is 12.0. The molecule has 0 fully saturated rings. The fourth-order valence-corrected chi connectivity index (χ4v) is 2.40. The van der Waals surface area contributed by atoms with E-state index in [1.165, 1.54) is 4.80 Å². The first-order chi connectivity index (χ1) is 12.2. The molecule has 1 aliphatic rings. The number of para-hydroxylation sites is 1. The number of rotatable bonds is 3. The van der Waals surface area contributed by atoms with Gasteiger partial charge < -0.3 is 4.74 Å². The molecule has 0 saturated carbocycles. The lowest BCUT2D eigenvalue weighted by Crippen LogP contribution is -2.05. The summed E-state index contributed by atoms with van der Waals surface area (Å²) >= 11 is 0. The molecule has 25 heavy (non-hydrogen) atoms. The molecule has 1 aromatic heterocycles. The Morgan fingerprint density at radius 3 is 2.56 bits per heavy atom. The second kappa shape index (κ2) is 6.16. The number of hydrogen-bond donors (Lipinski definition) is 0. The maximum atomic E-state index is 12.0. The Morgan fingerprint density at radius 1 is 1.04 bits per heavy atom. The second-order valence-electron chi connectivity index (χ2n) is 5.60. The van der Waals surface area contributed by atoms with Crippen LogP contribution in [0.1, 0.15) is 16.8 Å². The number of carbonyl (C=O) groups excluding carboxylic acids is 1. The van der Waals surface area contributed by atoms with Gasteiger partial charge in [-0.2, -0.15) is 9.90 Å². The van der Waals surface area contributed by atoms with Gasteiger partial charge in [0.2, 0.25) is 5.90 Å². The van der Waals surface area contributed by atoms with Gasteiger partial charge in [-0.3, -0.25) is 0 Å². The average Bonchev–Trinajstić information content (AvgIpc) is 3.24. The van der Waals surface area contributed by atoms with Crippen molar-refractivity contribution in [2.75, 3.05) is 0 Å². The Labute approximate surface area is 144 Å². The molecule has 0 amide bonds. The molecule has 0 radical (unpaired) electrons. The van der Waals surface area contributed by atoms with E-state index >= 15 is 0 Å². The van der Waals surface area contributed by atoms with Gasteiger partial charge in [-0.15, -0.1) is 5.10 Å². The van der Waals surface area contributed by atoms with E-state index in [9.17, 15) is 4.79 Å². The number of ether oxygens (including phenoxy) is 1. The number of aryl methyl sites for hydroxylation is 1. The van der Waals surface area contributed by atoms with E-state index < -0.39 is 5.97 Å². The highest BCUT2D eigenvalue weighted by atomic mass is 16.6. The van der Waals surface area contributed by atoms with Crippen molar-refractivity contribution < 1.29 is 9.53 Å². The van der Waals surface area contributed by atoms with Crippen molar-refractivity contribution >= 4 is 17.9 Å². The third-order valence-electron chi connectivity index (χ3n) is 3.70. The molecular weight excluding hydrogens is 316 g/mol. The minimum Gasteiger partial charge on any atom is -0.402 e. The lowest BCUT2D eigenvalue weighted by atomic mass is 10.1. The van der Waals surface area contributed by atoms with Crippen LogP contribution in [0, 0.1) is 6.92 Å². The lowest BCUT2D eigenvalue weighted by Gasteiger charge is -1.99. The maximum Gasteiger partial charge on any atom is 0.363 e. The summed E-state index contributed by atoms with van der Waals surface area (Å²) in [5.41, 5.74) is 3.46. The molecule has 0 N–H and O–H groups in total. The van der Waals surface area contributed by atoms with Gasteiger partial charge in [-0.25, -0.2) is 9.79 Å². The fourth-order valence-electron chi connectivity index (χ4n) is 2.40. The minimum absolute atomic E-state index is 0.204. The summed E-state index contributed by atoms with van der Waals surface area (Å²) in [6.45, 7) is 1.99. The van der Waals surface area contributed by atoms with Crippen molar-refractivity contribution in [3.05, 3.63) is 83.3 Å². The predicted octanol–water partition coefficient (Wildman–Crippen LogP) is 2.92.